The van der Waals surface area contributed by atoms with E-state index in [9.17, 15) is 20.1 Å². The number of carbonyl (C=O) groups excluding carboxylic acids is 1. The highest BCUT2D eigenvalue weighted by Gasteiger charge is 2.50. The lowest BCUT2D eigenvalue weighted by Crippen LogP contribution is -2.63. The molecule has 0 saturated carbocycles. The molecule has 9 heteroatoms. The number of hydrogen-bond acceptors (Lipinski definition) is 9. The first kappa shape index (κ1) is 22.9. The number of rotatable bonds is 8. The van der Waals surface area contributed by atoms with E-state index in [0.29, 0.717) is 12.8 Å². The Bertz CT molecular complexity index is 678. The zero-order valence-corrected chi connectivity index (χ0v) is 17.2. The van der Waals surface area contributed by atoms with Gasteiger partial charge >= 0.3 is 5.97 Å². The number of hydrogen-bond donors (Lipinski definition) is 3. The molecule has 0 aromatic heterocycles. The third-order valence-electron chi connectivity index (χ3n) is 5.56. The Hall–Kier alpha value is -1.75. The quantitative estimate of drug-likeness (QED) is 0.499. The van der Waals surface area contributed by atoms with Gasteiger partial charge in [-0.25, -0.2) is 0 Å². The van der Waals surface area contributed by atoms with Crippen molar-refractivity contribution in [1.29, 1.82) is 0 Å². The van der Waals surface area contributed by atoms with Gasteiger partial charge in [0.1, 0.15) is 36.3 Å². The second kappa shape index (κ2) is 10.5. The number of benzene rings is 1. The number of methoxy groups -OCH3 is 2. The molecule has 0 spiro atoms. The first-order valence-corrected chi connectivity index (χ1v) is 10.1. The third kappa shape index (κ3) is 5.48. The standard InChI is InChI=1S/C21H30O9/c1-26-13-5-3-12(4-6-13)10-28-11-15(22)20-18(24)19(25)21-16(30-20)8-7-14(29-21)9-17(23)27-2/h3-6,14-16,18-22,24-25H,7-11H2,1-2H3/t14-,15+,16+,18+,19-,20+,21+/m1/s1. The molecule has 9 nitrogen and oxygen atoms in total. The van der Waals surface area contributed by atoms with Crippen LogP contribution in [0.15, 0.2) is 24.3 Å². The molecule has 2 aliphatic rings. The van der Waals surface area contributed by atoms with Crippen LogP contribution in [0.2, 0.25) is 0 Å². The normalized spacial score (nSPS) is 32.2. The number of fused-ring (bicyclic) bond motifs is 1. The summed E-state index contributed by atoms with van der Waals surface area (Å²) in [6.07, 6.45) is -5.22. The van der Waals surface area contributed by atoms with E-state index in [0.717, 1.165) is 11.3 Å². The van der Waals surface area contributed by atoms with Crippen LogP contribution in [0.25, 0.3) is 0 Å². The molecule has 0 radical (unpaired) electrons. The number of ether oxygens (including phenoxy) is 5. The molecular formula is C21H30O9. The predicted octanol–water partition coefficient (Wildman–Crippen LogP) is 0.173. The lowest BCUT2D eigenvalue weighted by Gasteiger charge is -2.47. The molecular weight excluding hydrogens is 396 g/mol. The molecule has 0 amide bonds. The Morgan fingerprint density at radius 1 is 1.13 bits per heavy atom. The minimum absolute atomic E-state index is 0.0658. The van der Waals surface area contributed by atoms with E-state index >= 15 is 0 Å². The van der Waals surface area contributed by atoms with Crippen LogP contribution >= 0.6 is 0 Å². The molecule has 2 heterocycles. The molecule has 1 aromatic rings. The molecule has 7 atom stereocenters. The average Bonchev–Trinajstić information content (AvgIpc) is 2.76. The predicted molar refractivity (Wildman–Crippen MR) is 104 cm³/mol. The van der Waals surface area contributed by atoms with Crippen LogP contribution in [-0.2, 0) is 30.3 Å². The topological polar surface area (TPSA) is 124 Å². The average molecular weight is 426 g/mol. The van der Waals surface area contributed by atoms with Crippen LogP contribution in [0.1, 0.15) is 24.8 Å². The summed E-state index contributed by atoms with van der Waals surface area (Å²) in [5.74, 6) is 0.345. The van der Waals surface area contributed by atoms with Crippen molar-refractivity contribution >= 4 is 5.97 Å². The summed E-state index contributed by atoms with van der Waals surface area (Å²) < 4.78 is 26.9. The van der Waals surface area contributed by atoms with E-state index in [2.05, 4.69) is 4.74 Å². The summed E-state index contributed by atoms with van der Waals surface area (Å²) in [6, 6.07) is 7.34. The maximum Gasteiger partial charge on any atom is 0.308 e. The zero-order valence-electron chi connectivity index (χ0n) is 17.2. The second-order valence-electron chi connectivity index (χ2n) is 7.63. The van der Waals surface area contributed by atoms with Gasteiger partial charge in [-0.15, -0.1) is 0 Å². The molecule has 3 rings (SSSR count). The molecule has 0 unspecified atom stereocenters. The van der Waals surface area contributed by atoms with E-state index in [1.165, 1.54) is 7.11 Å². The fourth-order valence-corrected chi connectivity index (χ4v) is 3.86. The SMILES string of the molecule is COC(=O)C[C@H]1CC[C@@H]2O[C@@H]([C@@H](O)COCc3ccc(OC)cc3)[C@@H](O)[C@@H](O)[C@H]2O1. The van der Waals surface area contributed by atoms with Gasteiger partial charge in [-0.3, -0.25) is 4.79 Å². The molecule has 0 aliphatic carbocycles. The minimum Gasteiger partial charge on any atom is -0.497 e. The Balaban J connectivity index is 1.50. The van der Waals surface area contributed by atoms with E-state index in [4.69, 9.17) is 18.9 Å². The maximum atomic E-state index is 11.5. The van der Waals surface area contributed by atoms with E-state index in [-0.39, 0.29) is 19.6 Å². The van der Waals surface area contributed by atoms with Gasteiger partial charge in [-0.2, -0.15) is 0 Å². The van der Waals surface area contributed by atoms with Gasteiger partial charge in [0.15, 0.2) is 0 Å². The summed E-state index contributed by atoms with van der Waals surface area (Å²) in [5, 5.41) is 31.5. The fourth-order valence-electron chi connectivity index (χ4n) is 3.86. The van der Waals surface area contributed by atoms with Gasteiger partial charge in [-0.05, 0) is 30.5 Å². The molecule has 2 aliphatic heterocycles. The zero-order chi connectivity index (χ0) is 21.7. The van der Waals surface area contributed by atoms with E-state index < -0.39 is 48.7 Å². The van der Waals surface area contributed by atoms with Crippen LogP contribution < -0.4 is 4.74 Å². The Morgan fingerprint density at radius 3 is 2.53 bits per heavy atom. The number of aliphatic hydroxyl groups is 3. The van der Waals surface area contributed by atoms with Gasteiger partial charge in [-0.1, -0.05) is 12.1 Å². The van der Waals surface area contributed by atoms with Crippen molar-refractivity contribution in [3.8, 4) is 5.75 Å². The highest BCUT2D eigenvalue weighted by atomic mass is 16.6. The van der Waals surface area contributed by atoms with Crippen molar-refractivity contribution in [3.63, 3.8) is 0 Å². The van der Waals surface area contributed by atoms with Crippen molar-refractivity contribution in [2.75, 3.05) is 20.8 Å². The van der Waals surface area contributed by atoms with Crippen LogP contribution in [0.4, 0.5) is 0 Å². The van der Waals surface area contributed by atoms with Gasteiger partial charge in [0, 0.05) is 0 Å². The number of esters is 1. The van der Waals surface area contributed by atoms with Crippen LogP contribution in [-0.4, -0.2) is 84.8 Å². The lowest BCUT2D eigenvalue weighted by molar-refractivity contribution is -0.280. The molecule has 30 heavy (non-hydrogen) atoms. The monoisotopic (exact) mass is 426 g/mol. The van der Waals surface area contributed by atoms with Crippen molar-refractivity contribution < 1.29 is 43.8 Å². The maximum absolute atomic E-state index is 11.5. The van der Waals surface area contributed by atoms with Gasteiger partial charge < -0.3 is 39.0 Å². The summed E-state index contributed by atoms with van der Waals surface area (Å²) in [5.41, 5.74) is 0.908. The first-order valence-electron chi connectivity index (χ1n) is 10.1. The van der Waals surface area contributed by atoms with E-state index in [1.807, 2.05) is 24.3 Å². The van der Waals surface area contributed by atoms with Crippen molar-refractivity contribution in [2.45, 2.75) is 68.6 Å². The first-order chi connectivity index (χ1) is 14.4. The lowest BCUT2D eigenvalue weighted by atomic mass is 9.87. The Kier molecular flexibility index (Phi) is 8.04. The molecule has 1 aromatic carbocycles. The molecule has 2 saturated heterocycles. The highest BCUT2D eigenvalue weighted by Crippen LogP contribution is 2.34. The van der Waals surface area contributed by atoms with Crippen molar-refractivity contribution in [1.82, 2.24) is 0 Å². The van der Waals surface area contributed by atoms with Gasteiger partial charge in [0.25, 0.3) is 0 Å². The van der Waals surface area contributed by atoms with Crippen molar-refractivity contribution in [3.05, 3.63) is 29.8 Å². The van der Waals surface area contributed by atoms with Crippen LogP contribution in [0.3, 0.4) is 0 Å². The third-order valence-corrected chi connectivity index (χ3v) is 5.56. The smallest absolute Gasteiger partial charge is 0.308 e. The molecule has 3 N–H and O–H groups in total. The minimum atomic E-state index is -1.34. The second-order valence-corrected chi connectivity index (χ2v) is 7.63. The van der Waals surface area contributed by atoms with Crippen LogP contribution in [0, 0.1) is 0 Å². The molecule has 168 valence electrons. The summed E-state index contributed by atoms with van der Waals surface area (Å²) in [4.78, 5) is 11.5. The largest absolute Gasteiger partial charge is 0.497 e. The molecule has 2 fully saturated rings. The summed E-state index contributed by atoms with van der Waals surface area (Å²) in [7, 11) is 2.89. The number of carbonyl (C=O) groups is 1. The number of aliphatic hydroxyl groups excluding tert-OH is 3. The Labute approximate surface area is 175 Å². The van der Waals surface area contributed by atoms with Gasteiger partial charge in [0.05, 0.1) is 46.1 Å². The van der Waals surface area contributed by atoms with Gasteiger partial charge in [0.2, 0.25) is 0 Å². The summed E-state index contributed by atoms with van der Waals surface area (Å²) in [6.45, 7) is 0.209. The van der Waals surface area contributed by atoms with Crippen molar-refractivity contribution in [2.24, 2.45) is 0 Å². The summed E-state index contributed by atoms with van der Waals surface area (Å²) >= 11 is 0. The fraction of sp³-hybridized carbons (Fsp3) is 0.667. The van der Waals surface area contributed by atoms with E-state index in [1.54, 1.807) is 7.11 Å². The van der Waals surface area contributed by atoms with Crippen LogP contribution in [0.5, 0.6) is 5.75 Å². The highest BCUT2D eigenvalue weighted by molar-refractivity contribution is 5.69. The Morgan fingerprint density at radius 2 is 1.87 bits per heavy atom. The molecule has 0 bridgehead atoms.